The number of Topliss-reactive ketones (excluding diaryl/α,β-unsaturated/α-hetero) is 1. The first-order chi connectivity index (χ1) is 7.15. The number of benzene rings is 1. The third-order valence-corrected chi connectivity index (χ3v) is 2.01. The van der Waals surface area contributed by atoms with Crippen molar-refractivity contribution < 1.29 is 9.18 Å². The molecule has 0 bridgehead atoms. The summed E-state index contributed by atoms with van der Waals surface area (Å²) in [6.45, 7) is 1.93. The van der Waals surface area contributed by atoms with Gasteiger partial charge >= 0.3 is 0 Å². The molecule has 0 unspecified atom stereocenters. The number of ketones is 1. The normalized spacial score (nSPS) is 10.9. The molecule has 0 atom stereocenters. The van der Waals surface area contributed by atoms with Crippen molar-refractivity contribution in [3.63, 3.8) is 0 Å². The fourth-order valence-electron chi connectivity index (χ4n) is 1.23. The highest BCUT2D eigenvalue weighted by molar-refractivity contribution is 5.94. The summed E-state index contributed by atoms with van der Waals surface area (Å²) in [5.74, 6) is -0.736. The van der Waals surface area contributed by atoms with Crippen molar-refractivity contribution in [3.05, 3.63) is 41.2 Å². The smallest absolute Gasteiger partial charge is 0.162 e. The molecule has 1 aromatic rings. The second kappa shape index (κ2) is 5.41. The Morgan fingerprint density at radius 1 is 1.53 bits per heavy atom. The third-order valence-electron chi connectivity index (χ3n) is 2.01. The van der Waals surface area contributed by atoms with Gasteiger partial charge in [0.2, 0.25) is 0 Å². The van der Waals surface area contributed by atoms with Gasteiger partial charge in [-0.2, -0.15) is 0 Å². The van der Waals surface area contributed by atoms with Gasteiger partial charge < -0.3 is 5.73 Å². The minimum Gasteiger partial charge on any atom is -0.330 e. The average Bonchev–Trinajstić information content (AvgIpc) is 2.20. The molecule has 0 saturated heterocycles. The third kappa shape index (κ3) is 3.29. The van der Waals surface area contributed by atoms with E-state index in [4.69, 9.17) is 5.73 Å². The van der Waals surface area contributed by atoms with Gasteiger partial charge in [-0.15, -0.1) is 0 Å². The molecule has 0 amide bonds. The van der Waals surface area contributed by atoms with Crippen molar-refractivity contribution >= 4 is 11.9 Å². The first-order valence-corrected chi connectivity index (χ1v) is 4.82. The van der Waals surface area contributed by atoms with Crippen LogP contribution in [0.4, 0.5) is 4.39 Å². The maximum atomic E-state index is 13.1. The Hall–Kier alpha value is -1.48. The summed E-state index contributed by atoms with van der Waals surface area (Å²) < 4.78 is 13.1. The fourth-order valence-corrected chi connectivity index (χ4v) is 1.23. The van der Waals surface area contributed by atoms with Gasteiger partial charge in [0, 0.05) is 0 Å². The molecule has 0 aliphatic heterocycles. The van der Waals surface area contributed by atoms with E-state index in [1.165, 1.54) is 13.0 Å². The van der Waals surface area contributed by atoms with Crippen LogP contribution >= 0.6 is 0 Å². The summed E-state index contributed by atoms with van der Waals surface area (Å²) in [5, 5.41) is 0. The summed E-state index contributed by atoms with van der Waals surface area (Å²) >= 11 is 0. The van der Waals surface area contributed by atoms with Crippen molar-refractivity contribution in [1.82, 2.24) is 0 Å². The van der Waals surface area contributed by atoms with Gasteiger partial charge in [-0.1, -0.05) is 18.2 Å². The van der Waals surface area contributed by atoms with Crippen LogP contribution in [0.15, 0.2) is 24.3 Å². The lowest BCUT2D eigenvalue weighted by molar-refractivity contribution is 0.101. The number of carbonyl (C=O) groups excluding carboxylic acids is 1. The van der Waals surface area contributed by atoms with Crippen molar-refractivity contribution in [2.75, 3.05) is 6.54 Å². The predicted octanol–water partition coefficient (Wildman–Crippen LogP) is 2.39. The molecule has 0 spiro atoms. The summed E-state index contributed by atoms with van der Waals surface area (Å²) in [6, 6.07) is 4.48. The molecule has 80 valence electrons. The Labute approximate surface area is 88.6 Å². The van der Waals surface area contributed by atoms with E-state index in [2.05, 4.69) is 0 Å². The van der Waals surface area contributed by atoms with E-state index in [1.54, 1.807) is 12.1 Å². The molecule has 3 heteroatoms. The Bertz CT molecular complexity index is 385. The number of carbonyl (C=O) groups is 1. The molecule has 2 nitrogen and oxygen atoms in total. The minimum atomic E-state index is -0.474. The molecule has 1 aromatic carbocycles. The minimum absolute atomic E-state index is 0.130. The van der Waals surface area contributed by atoms with Gasteiger partial charge in [0.1, 0.15) is 5.82 Å². The highest BCUT2D eigenvalue weighted by atomic mass is 19.1. The van der Waals surface area contributed by atoms with Gasteiger partial charge in [-0.05, 0) is 37.6 Å². The highest BCUT2D eigenvalue weighted by Crippen LogP contribution is 2.12. The Kier molecular flexibility index (Phi) is 4.18. The number of hydrogen-bond acceptors (Lipinski definition) is 2. The Balaban J connectivity index is 2.92. The highest BCUT2D eigenvalue weighted by Gasteiger charge is 2.06. The molecular weight excluding hydrogens is 193 g/mol. The van der Waals surface area contributed by atoms with E-state index in [-0.39, 0.29) is 11.3 Å². The van der Waals surface area contributed by atoms with E-state index in [0.29, 0.717) is 6.54 Å². The number of halogens is 1. The van der Waals surface area contributed by atoms with Crippen LogP contribution in [-0.4, -0.2) is 12.3 Å². The van der Waals surface area contributed by atoms with Crippen molar-refractivity contribution in [2.24, 2.45) is 5.73 Å². The Morgan fingerprint density at radius 2 is 2.27 bits per heavy atom. The summed E-state index contributed by atoms with van der Waals surface area (Å²) in [6.07, 6.45) is 4.50. The lowest BCUT2D eigenvalue weighted by atomic mass is 10.1. The Morgan fingerprint density at radius 3 is 2.87 bits per heavy atom. The van der Waals surface area contributed by atoms with E-state index in [1.807, 2.05) is 12.2 Å². The van der Waals surface area contributed by atoms with Crippen LogP contribution in [0.3, 0.4) is 0 Å². The summed E-state index contributed by atoms with van der Waals surface area (Å²) in [7, 11) is 0. The van der Waals surface area contributed by atoms with E-state index < -0.39 is 5.82 Å². The average molecular weight is 207 g/mol. The number of nitrogens with two attached hydrogens (primary N) is 1. The maximum absolute atomic E-state index is 13.1. The largest absolute Gasteiger partial charge is 0.330 e. The summed E-state index contributed by atoms with van der Waals surface area (Å²) in [4.78, 5) is 11.1. The second-order valence-corrected chi connectivity index (χ2v) is 3.28. The van der Waals surface area contributed by atoms with Crippen molar-refractivity contribution in [2.45, 2.75) is 13.3 Å². The predicted molar refractivity (Wildman–Crippen MR) is 59.1 cm³/mol. The quantitative estimate of drug-likeness (QED) is 0.770. The topological polar surface area (TPSA) is 43.1 Å². The number of hydrogen-bond donors (Lipinski definition) is 1. The van der Waals surface area contributed by atoms with Gasteiger partial charge in [0.05, 0.1) is 5.56 Å². The first-order valence-electron chi connectivity index (χ1n) is 4.82. The molecule has 0 radical (unpaired) electrons. The molecule has 1 rings (SSSR count). The summed E-state index contributed by atoms with van der Waals surface area (Å²) in [5.41, 5.74) is 6.27. The lowest BCUT2D eigenvalue weighted by Crippen LogP contribution is -1.97. The standard InChI is InChI=1S/C12H14FNO/c1-9(15)11-8-10(4-2-3-7-14)5-6-12(11)13/h2,4-6,8H,3,7,14H2,1H3. The maximum Gasteiger partial charge on any atom is 0.162 e. The molecule has 0 aliphatic carbocycles. The molecule has 0 aromatic heterocycles. The van der Waals surface area contributed by atoms with E-state index in [0.717, 1.165) is 12.0 Å². The molecule has 0 heterocycles. The first kappa shape index (κ1) is 11.6. The van der Waals surface area contributed by atoms with Gasteiger partial charge in [-0.3, -0.25) is 4.79 Å². The SMILES string of the molecule is CC(=O)c1cc(C=CCCN)ccc1F. The zero-order valence-electron chi connectivity index (χ0n) is 8.66. The van der Waals surface area contributed by atoms with Crippen molar-refractivity contribution in [1.29, 1.82) is 0 Å². The molecule has 0 aliphatic rings. The van der Waals surface area contributed by atoms with Crippen molar-refractivity contribution in [3.8, 4) is 0 Å². The lowest BCUT2D eigenvalue weighted by Gasteiger charge is -2.00. The van der Waals surface area contributed by atoms with Crippen LogP contribution in [0.2, 0.25) is 0 Å². The van der Waals surface area contributed by atoms with E-state index in [9.17, 15) is 9.18 Å². The van der Waals surface area contributed by atoms with Crippen LogP contribution in [0.1, 0.15) is 29.3 Å². The molecule has 2 N–H and O–H groups in total. The molecule has 15 heavy (non-hydrogen) atoms. The van der Waals surface area contributed by atoms with Crippen LogP contribution in [0.25, 0.3) is 6.08 Å². The van der Waals surface area contributed by atoms with Crippen LogP contribution < -0.4 is 5.73 Å². The van der Waals surface area contributed by atoms with Crippen LogP contribution in [0.5, 0.6) is 0 Å². The molecular formula is C12H14FNO. The number of rotatable bonds is 4. The van der Waals surface area contributed by atoms with Gasteiger partial charge in [0.15, 0.2) is 5.78 Å². The van der Waals surface area contributed by atoms with Gasteiger partial charge in [-0.25, -0.2) is 4.39 Å². The van der Waals surface area contributed by atoms with Crippen LogP contribution in [0, 0.1) is 5.82 Å². The molecule has 0 saturated carbocycles. The zero-order chi connectivity index (χ0) is 11.3. The van der Waals surface area contributed by atoms with E-state index >= 15 is 0 Å². The molecule has 0 fully saturated rings. The van der Waals surface area contributed by atoms with Crippen LogP contribution in [-0.2, 0) is 0 Å². The second-order valence-electron chi connectivity index (χ2n) is 3.28. The van der Waals surface area contributed by atoms with Gasteiger partial charge in [0.25, 0.3) is 0 Å². The zero-order valence-corrected chi connectivity index (χ0v) is 8.66. The fraction of sp³-hybridized carbons (Fsp3) is 0.250. The monoisotopic (exact) mass is 207 g/mol.